The minimum absolute atomic E-state index is 0.277. The van der Waals surface area contributed by atoms with Crippen molar-refractivity contribution >= 4 is 11.1 Å². The summed E-state index contributed by atoms with van der Waals surface area (Å²) in [5.74, 6) is 1.97. The Morgan fingerprint density at radius 3 is 2.74 bits per heavy atom. The second-order valence-electron chi connectivity index (χ2n) is 7.33. The van der Waals surface area contributed by atoms with E-state index in [1.165, 1.54) is 23.0 Å². The number of hydrogen-bond donors (Lipinski definition) is 1. The normalized spacial score (nSPS) is 17.2. The zero-order valence-corrected chi connectivity index (χ0v) is 15.2. The van der Waals surface area contributed by atoms with Crippen LogP contribution in [0.1, 0.15) is 30.0 Å². The predicted molar refractivity (Wildman–Crippen MR) is 101 cm³/mol. The quantitative estimate of drug-likeness (QED) is 0.751. The fourth-order valence-electron chi connectivity index (χ4n) is 3.76. The molecule has 0 unspecified atom stereocenters. The lowest BCUT2D eigenvalue weighted by Crippen LogP contribution is -2.23. The van der Waals surface area contributed by atoms with Crippen LogP contribution in [0.3, 0.4) is 0 Å². The fraction of sp³-hybridized carbons (Fsp3) is 0.381. The van der Waals surface area contributed by atoms with E-state index in [1.54, 1.807) is 7.05 Å². The van der Waals surface area contributed by atoms with Crippen LogP contribution in [0.5, 0.6) is 11.5 Å². The molecule has 3 aromatic rings. The van der Waals surface area contributed by atoms with E-state index in [0.29, 0.717) is 31.3 Å². The van der Waals surface area contributed by atoms with Crippen molar-refractivity contribution in [2.24, 2.45) is 13.0 Å². The number of benzene rings is 2. The Kier molecular flexibility index (Phi) is 3.93. The van der Waals surface area contributed by atoms with Crippen molar-refractivity contribution < 1.29 is 13.9 Å². The van der Waals surface area contributed by atoms with Crippen molar-refractivity contribution in [3.8, 4) is 11.5 Å². The fourth-order valence-corrected chi connectivity index (χ4v) is 3.76. The van der Waals surface area contributed by atoms with E-state index in [2.05, 4.69) is 17.4 Å². The maximum atomic E-state index is 11.7. The number of hydrogen-bond acceptors (Lipinski definition) is 5. The minimum atomic E-state index is -0.331. The summed E-state index contributed by atoms with van der Waals surface area (Å²) in [6, 6.07) is 12.4. The lowest BCUT2D eigenvalue weighted by atomic mass is 10.0. The molecule has 1 atom stereocenters. The third-order valence-electron chi connectivity index (χ3n) is 5.40. The first-order chi connectivity index (χ1) is 13.2. The average Bonchev–Trinajstić information content (AvgIpc) is 3.48. The van der Waals surface area contributed by atoms with Crippen LogP contribution < -0.4 is 20.5 Å². The highest BCUT2D eigenvalue weighted by atomic mass is 16.6. The van der Waals surface area contributed by atoms with E-state index in [0.717, 1.165) is 22.6 Å². The summed E-state index contributed by atoms with van der Waals surface area (Å²) in [6.45, 7) is 1.92. The van der Waals surface area contributed by atoms with Crippen molar-refractivity contribution in [2.75, 3.05) is 13.2 Å². The summed E-state index contributed by atoms with van der Waals surface area (Å²) in [5, 5.41) is 3.68. The monoisotopic (exact) mass is 366 g/mol. The number of nitrogens with one attached hydrogen (secondary N) is 1. The van der Waals surface area contributed by atoms with Gasteiger partial charge in [-0.3, -0.25) is 4.57 Å². The van der Waals surface area contributed by atoms with Gasteiger partial charge in [0.15, 0.2) is 17.1 Å². The Balaban J connectivity index is 1.37. The average molecular weight is 366 g/mol. The highest BCUT2D eigenvalue weighted by molar-refractivity contribution is 5.73. The molecule has 1 saturated carbocycles. The maximum absolute atomic E-state index is 11.7. The molecule has 1 aliphatic heterocycles. The van der Waals surface area contributed by atoms with Gasteiger partial charge in [0.2, 0.25) is 0 Å². The molecule has 6 nitrogen and oxygen atoms in total. The summed E-state index contributed by atoms with van der Waals surface area (Å²) in [4.78, 5) is 11.7. The van der Waals surface area contributed by atoms with Crippen LogP contribution in [0.15, 0.2) is 45.6 Å². The first kappa shape index (κ1) is 16.4. The third kappa shape index (κ3) is 3.10. The molecule has 1 aliphatic carbocycles. The highest BCUT2D eigenvalue weighted by Gasteiger charge is 2.32. The van der Waals surface area contributed by atoms with Crippen LogP contribution in [0.4, 0.5) is 0 Å². The molecule has 0 amide bonds. The van der Waals surface area contributed by atoms with Crippen LogP contribution in [-0.4, -0.2) is 17.8 Å². The smallest absolute Gasteiger partial charge is 0.419 e. The summed E-state index contributed by atoms with van der Waals surface area (Å²) < 4.78 is 18.2. The largest absolute Gasteiger partial charge is 0.486 e. The molecule has 0 spiro atoms. The Morgan fingerprint density at radius 1 is 1.11 bits per heavy atom. The number of nitrogens with zero attached hydrogens (tertiary/aromatic N) is 1. The lowest BCUT2D eigenvalue weighted by Gasteiger charge is -2.23. The summed E-state index contributed by atoms with van der Waals surface area (Å²) in [5.41, 5.74) is 3.77. The van der Waals surface area contributed by atoms with Crippen molar-refractivity contribution in [1.82, 2.24) is 9.88 Å². The molecule has 27 heavy (non-hydrogen) atoms. The van der Waals surface area contributed by atoms with Crippen molar-refractivity contribution in [3.63, 3.8) is 0 Å². The molecular weight excluding hydrogens is 344 g/mol. The second-order valence-corrected chi connectivity index (χ2v) is 7.33. The van der Waals surface area contributed by atoms with Crippen molar-refractivity contribution in [1.29, 1.82) is 0 Å². The zero-order valence-electron chi connectivity index (χ0n) is 15.2. The SMILES string of the molecule is Cn1c(=O)oc2cc(CN[C@H](c3ccc4c(c3)OCCO4)C3CC3)ccc21. The number of ether oxygens (including phenoxy) is 2. The molecule has 140 valence electrons. The molecule has 1 aromatic heterocycles. The van der Waals surface area contributed by atoms with Crippen LogP contribution in [0, 0.1) is 5.92 Å². The molecule has 5 rings (SSSR count). The van der Waals surface area contributed by atoms with Gasteiger partial charge in [0, 0.05) is 19.6 Å². The van der Waals surface area contributed by atoms with Crippen LogP contribution in [0.25, 0.3) is 11.1 Å². The first-order valence-electron chi connectivity index (χ1n) is 9.40. The standard InChI is InChI=1S/C21H22N2O4/c1-23-16-6-2-13(10-18(16)27-21(23)24)12-22-20(14-3-4-14)15-5-7-17-19(11-15)26-9-8-25-17/h2,5-7,10-11,14,20,22H,3-4,8-9,12H2,1H3/t20-/m0/s1. The molecule has 2 heterocycles. The molecule has 1 fully saturated rings. The second kappa shape index (κ2) is 6.46. The van der Waals surface area contributed by atoms with E-state index in [1.807, 2.05) is 24.3 Å². The molecule has 2 aliphatic rings. The predicted octanol–water partition coefficient (Wildman–Crippen LogP) is 3.14. The highest BCUT2D eigenvalue weighted by Crippen LogP contribution is 2.43. The van der Waals surface area contributed by atoms with Crippen LogP contribution in [-0.2, 0) is 13.6 Å². The molecule has 0 radical (unpaired) electrons. The first-order valence-corrected chi connectivity index (χ1v) is 9.40. The number of fused-ring (bicyclic) bond motifs is 2. The van der Waals surface area contributed by atoms with Gasteiger partial charge in [0.25, 0.3) is 0 Å². The molecule has 6 heteroatoms. The van der Waals surface area contributed by atoms with Gasteiger partial charge < -0.3 is 19.2 Å². The topological polar surface area (TPSA) is 65.6 Å². The lowest BCUT2D eigenvalue weighted by molar-refractivity contribution is 0.171. The van der Waals surface area contributed by atoms with Gasteiger partial charge in [-0.25, -0.2) is 4.79 Å². The van der Waals surface area contributed by atoms with Crippen LogP contribution in [0.2, 0.25) is 0 Å². The molecule has 0 bridgehead atoms. The third-order valence-corrected chi connectivity index (χ3v) is 5.40. The van der Waals surface area contributed by atoms with E-state index in [-0.39, 0.29) is 11.8 Å². The number of oxazole rings is 1. The summed E-state index contributed by atoms with van der Waals surface area (Å²) >= 11 is 0. The van der Waals surface area contributed by atoms with E-state index in [4.69, 9.17) is 13.9 Å². The Morgan fingerprint density at radius 2 is 1.93 bits per heavy atom. The van der Waals surface area contributed by atoms with Gasteiger partial charge in [0.05, 0.1) is 5.52 Å². The van der Waals surface area contributed by atoms with E-state index >= 15 is 0 Å². The zero-order chi connectivity index (χ0) is 18.4. The van der Waals surface area contributed by atoms with Gasteiger partial charge >= 0.3 is 5.76 Å². The van der Waals surface area contributed by atoms with Gasteiger partial charge in [-0.2, -0.15) is 0 Å². The van der Waals surface area contributed by atoms with Crippen LogP contribution >= 0.6 is 0 Å². The Labute approximate surface area is 156 Å². The van der Waals surface area contributed by atoms with E-state index < -0.39 is 0 Å². The van der Waals surface area contributed by atoms with Gasteiger partial charge in [-0.15, -0.1) is 0 Å². The van der Waals surface area contributed by atoms with Gasteiger partial charge in [0.1, 0.15) is 13.2 Å². The summed E-state index contributed by atoms with van der Waals surface area (Å²) in [6.07, 6.45) is 2.47. The van der Waals surface area contributed by atoms with Gasteiger partial charge in [-0.1, -0.05) is 12.1 Å². The van der Waals surface area contributed by atoms with Gasteiger partial charge in [-0.05, 0) is 54.2 Å². The molecule has 0 saturated heterocycles. The maximum Gasteiger partial charge on any atom is 0.419 e. The van der Waals surface area contributed by atoms with Crippen molar-refractivity contribution in [2.45, 2.75) is 25.4 Å². The summed E-state index contributed by atoms with van der Waals surface area (Å²) in [7, 11) is 1.72. The Hall–Kier alpha value is -2.73. The molecule has 2 aromatic carbocycles. The number of rotatable bonds is 5. The minimum Gasteiger partial charge on any atom is -0.486 e. The number of aromatic nitrogens is 1. The molecule has 1 N–H and O–H groups in total. The van der Waals surface area contributed by atoms with Crippen molar-refractivity contribution in [3.05, 3.63) is 58.1 Å². The van der Waals surface area contributed by atoms with E-state index in [9.17, 15) is 4.79 Å². The molecular formula is C21H22N2O4. The Bertz CT molecular complexity index is 1050. The number of aryl methyl sites for hydroxylation is 1.